The molecule has 0 saturated carbocycles. The van der Waals surface area contributed by atoms with Crippen LogP contribution >= 0.6 is 0 Å². The highest BCUT2D eigenvalue weighted by Crippen LogP contribution is 2.29. The topological polar surface area (TPSA) is 20.3 Å². The minimum atomic E-state index is 0.232. The molecule has 0 radical (unpaired) electrons. The summed E-state index contributed by atoms with van der Waals surface area (Å²) in [5.41, 5.74) is 3.77. The van der Waals surface area contributed by atoms with Crippen LogP contribution in [0, 0.1) is 0 Å². The zero-order chi connectivity index (χ0) is 11.7. The molecule has 1 aliphatic rings. The molecule has 2 nitrogen and oxygen atoms in total. The fraction of sp³-hybridized carbons (Fsp3) is 0.500. The normalized spacial score (nSPS) is 16.2. The standard InChI is InChI=1S/C14H19NO/c1-10(2)11-7-8-13-12(9-11)5-4-6-14(16)15(13)3/h7-10H,4-6H2,1-3H3. The van der Waals surface area contributed by atoms with Gasteiger partial charge in [-0.15, -0.1) is 0 Å². The lowest BCUT2D eigenvalue weighted by atomic mass is 9.98. The van der Waals surface area contributed by atoms with E-state index in [1.807, 2.05) is 7.05 Å². The van der Waals surface area contributed by atoms with E-state index in [2.05, 4.69) is 32.0 Å². The number of benzene rings is 1. The zero-order valence-electron chi connectivity index (χ0n) is 10.3. The van der Waals surface area contributed by atoms with Gasteiger partial charge in [0.15, 0.2) is 0 Å². The molecule has 0 saturated heterocycles. The molecular formula is C14H19NO. The maximum absolute atomic E-state index is 11.7. The van der Waals surface area contributed by atoms with Crippen LogP contribution in [0.25, 0.3) is 0 Å². The number of amides is 1. The molecule has 0 atom stereocenters. The van der Waals surface area contributed by atoms with E-state index in [9.17, 15) is 4.79 Å². The van der Waals surface area contributed by atoms with E-state index < -0.39 is 0 Å². The number of hydrogen-bond acceptors (Lipinski definition) is 1. The van der Waals surface area contributed by atoms with Crippen molar-refractivity contribution in [3.05, 3.63) is 29.3 Å². The first-order valence-corrected chi connectivity index (χ1v) is 5.99. The first-order chi connectivity index (χ1) is 7.59. The molecule has 0 N–H and O–H groups in total. The van der Waals surface area contributed by atoms with Gasteiger partial charge in [0.05, 0.1) is 0 Å². The molecule has 0 bridgehead atoms. The van der Waals surface area contributed by atoms with E-state index in [0.29, 0.717) is 12.3 Å². The smallest absolute Gasteiger partial charge is 0.226 e. The largest absolute Gasteiger partial charge is 0.315 e. The first-order valence-electron chi connectivity index (χ1n) is 5.99. The summed E-state index contributed by atoms with van der Waals surface area (Å²) in [7, 11) is 1.88. The van der Waals surface area contributed by atoms with Gasteiger partial charge in [-0.05, 0) is 36.0 Å². The van der Waals surface area contributed by atoms with Crippen LogP contribution < -0.4 is 4.90 Å². The average molecular weight is 217 g/mol. The lowest BCUT2D eigenvalue weighted by molar-refractivity contribution is -0.118. The molecule has 2 rings (SSSR count). The van der Waals surface area contributed by atoms with Gasteiger partial charge in [0.1, 0.15) is 0 Å². The lowest BCUT2D eigenvalue weighted by Gasteiger charge is -2.19. The van der Waals surface area contributed by atoms with Crippen molar-refractivity contribution in [2.75, 3.05) is 11.9 Å². The average Bonchev–Trinajstić information content (AvgIpc) is 2.40. The van der Waals surface area contributed by atoms with Gasteiger partial charge >= 0.3 is 0 Å². The van der Waals surface area contributed by atoms with E-state index >= 15 is 0 Å². The van der Waals surface area contributed by atoms with E-state index in [1.54, 1.807) is 4.90 Å². The van der Waals surface area contributed by atoms with E-state index in [1.165, 1.54) is 11.1 Å². The summed E-state index contributed by atoms with van der Waals surface area (Å²) in [5, 5.41) is 0. The van der Waals surface area contributed by atoms with Crippen molar-refractivity contribution in [2.24, 2.45) is 0 Å². The Morgan fingerprint density at radius 2 is 2.00 bits per heavy atom. The van der Waals surface area contributed by atoms with Gasteiger partial charge < -0.3 is 4.90 Å². The Morgan fingerprint density at radius 1 is 1.25 bits per heavy atom. The van der Waals surface area contributed by atoms with Gasteiger partial charge in [0.25, 0.3) is 0 Å². The minimum absolute atomic E-state index is 0.232. The van der Waals surface area contributed by atoms with Crippen LogP contribution in [-0.4, -0.2) is 13.0 Å². The van der Waals surface area contributed by atoms with Crippen molar-refractivity contribution >= 4 is 11.6 Å². The van der Waals surface area contributed by atoms with Gasteiger partial charge in [0, 0.05) is 19.2 Å². The number of fused-ring (bicyclic) bond motifs is 1. The monoisotopic (exact) mass is 217 g/mol. The third kappa shape index (κ3) is 1.97. The van der Waals surface area contributed by atoms with Crippen LogP contribution in [0.1, 0.15) is 43.7 Å². The predicted molar refractivity (Wildman–Crippen MR) is 66.9 cm³/mol. The molecule has 0 unspecified atom stereocenters. The van der Waals surface area contributed by atoms with Crippen molar-refractivity contribution in [3.63, 3.8) is 0 Å². The second-order valence-electron chi connectivity index (χ2n) is 4.85. The summed E-state index contributed by atoms with van der Waals surface area (Å²) in [4.78, 5) is 13.5. The number of carbonyl (C=O) groups is 1. The molecule has 1 aromatic rings. The fourth-order valence-electron chi connectivity index (χ4n) is 2.22. The Kier molecular flexibility index (Phi) is 2.99. The Bertz CT molecular complexity index is 409. The molecule has 2 heteroatoms. The van der Waals surface area contributed by atoms with E-state index in [0.717, 1.165) is 18.5 Å². The SMILES string of the molecule is CC(C)c1ccc2c(c1)CCCC(=O)N2C. The highest BCUT2D eigenvalue weighted by molar-refractivity contribution is 5.94. The maximum atomic E-state index is 11.7. The molecule has 1 heterocycles. The van der Waals surface area contributed by atoms with Gasteiger partial charge in [0.2, 0.25) is 5.91 Å². The Balaban J connectivity index is 2.43. The maximum Gasteiger partial charge on any atom is 0.226 e. The van der Waals surface area contributed by atoms with Crippen molar-refractivity contribution in [1.82, 2.24) is 0 Å². The van der Waals surface area contributed by atoms with Crippen LogP contribution in [0.4, 0.5) is 5.69 Å². The Labute approximate surface area is 97.3 Å². The zero-order valence-corrected chi connectivity index (χ0v) is 10.3. The number of aryl methyl sites for hydroxylation is 1. The number of rotatable bonds is 1. The van der Waals surface area contributed by atoms with Gasteiger partial charge in [-0.3, -0.25) is 4.79 Å². The molecule has 0 spiro atoms. The van der Waals surface area contributed by atoms with Crippen LogP contribution in [0.5, 0.6) is 0 Å². The summed E-state index contributed by atoms with van der Waals surface area (Å²) in [5.74, 6) is 0.783. The number of carbonyl (C=O) groups excluding carboxylic acids is 1. The molecule has 0 fully saturated rings. The highest BCUT2D eigenvalue weighted by atomic mass is 16.2. The number of anilines is 1. The van der Waals surface area contributed by atoms with E-state index in [-0.39, 0.29) is 5.91 Å². The molecule has 1 aliphatic heterocycles. The fourth-order valence-corrected chi connectivity index (χ4v) is 2.22. The van der Waals surface area contributed by atoms with Crippen molar-refractivity contribution < 1.29 is 4.79 Å². The van der Waals surface area contributed by atoms with Gasteiger partial charge in [-0.1, -0.05) is 26.0 Å². The second-order valence-corrected chi connectivity index (χ2v) is 4.85. The van der Waals surface area contributed by atoms with Crippen LogP contribution in [0.2, 0.25) is 0 Å². The van der Waals surface area contributed by atoms with Crippen LogP contribution in [0.15, 0.2) is 18.2 Å². The third-order valence-corrected chi connectivity index (χ3v) is 3.34. The van der Waals surface area contributed by atoms with E-state index in [4.69, 9.17) is 0 Å². The lowest BCUT2D eigenvalue weighted by Crippen LogP contribution is -2.24. The molecule has 16 heavy (non-hydrogen) atoms. The summed E-state index contributed by atoms with van der Waals surface area (Å²) in [6.45, 7) is 4.40. The minimum Gasteiger partial charge on any atom is -0.315 e. The van der Waals surface area contributed by atoms with Gasteiger partial charge in [-0.2, -0.15) is 0 Å². The number of nitrogens with zero attached hydrogens (tertiary/aromatic N) is 1. The van der Waals surface area contributed by atoms with Crippen LogP contribution in [0.3, 0.4) is 0 Å². The van der Waals surface area contributed by atoms with Crippen LogP contribution in [-0.2, 0) is 11.2 Å². The van der Waals surface area contributed by atoms with Crippen molar-refractivity contribution in [2.45, 2.75) is 39.0 Å². The summed E-state index contributed by atoms with van der Waals surface area (Å²) < 4.78 is 0. The Hall–Kier alpha value is -1.31. The summed E-state index contributed by atoms with van der Waals surface area (Å²) >= 11 is 0. The second kappa shape index (κ2) is 4.28. The Morgan fingerprint density at radius 3 is 2.69 bits per heavy atom. The summed E-state index contributed by atoms with van der Waals surface area (Å²) in [6, 6.07) is 6.49. The van der Waals surface area contributed by atoms with Crippen molar-refractivity contribution in [1.29, 1.82) is 0 Å². The number of hydrogen-bond donors (Lipinski definition) is 0. The quantitative estimate of drug-likeness (QED) is 0.707. The predicted octanol–water partition coefficient (Wildman–Crippen LogP) is 3.11. The van der Waals surface area contributed by atoms with Gasteiger partial charge in [-0.25, -0.2) is 0 Å². The van der Waals surface area contributed by atoms with Crippen molar-refractivity contribution in [3.8, 4) is 0 Å². The molecule has 1 aromatic carbocycles. The molecule has 0 aliphatic carbocycles. The highest BCUT2D eigenvalue weighted by Gasteiger charge is 2.18. The summed E-state index contributed by atoms with van der Waals surface area (Å²) in [6.07, 6.45) is 2.66. The molecule has 1 amide bonds. The first kappa shape index (κ1) is 11.2. The molecule has 86 valence electrons. The molecule has 0 aromatic heterocycles. The molecular weight excluding hydrogens is 198 g/mol. The third-order valence-electron chi connectivity index (χ3n) is 3.34.